The molecule has 0 aliphatic rings. The van der Waals surface area contributed by atoms with Crippen LogP contribution in [0.5, 0.6) is 0 Å². The average molecular weight is 208 g/mol. The van der Waals surface area contributed by atoms with Gasteiger partial charge in [-0.15, -0.1) is 0 Å². The van der Waals surface area contributed by atoms with Gasteiger partial charge in [-0.2, -0.15) is 5.26 Å². The van der Waals surface area contributed by atoms with E-state index in [2.05, 4.69) is 30.5 Å². The second-order valence-corrected chi connectivity index (χ2v) is 3.77. The van der Waals surface area contributed by atoms with Crippen LogP contribution in [0, 0.1) is 11.3 Å². The SMILES string of the molecule is CCC/C=C/CCCCCNCCC#N. The molecule has 0 saturated heterocycles. The molecule has 0 aliphatic heterocycles. The molecular weight excluding hydrogens is 184 g/mol. The molecule has 1 N–H and O–H groups in total. The largest absolute Gasteiger partial charge is 0.316 e. The third kappa shape index (κ3) is 13.2. The minimum atomic E-state index is 0.625. The molecule has 2 heteroatoms. The highest BCUT2D eigenvalue weighted by molar-refractivity contribution is 4.80. The zero-order valence-corrected chi connectivity index (χ0v) is 9.97. The monoisotopic (exact) mass is 208 g/mol. The minimum absolute atomic E-state index is 0.625. The van der Waals surface area contributed by atoms with E-state index in [-0.39, 0.29) is 0 Å². The van der Waals surface area contributed by atoms with E-state index < -0.39 is 0 Å². The fourth-order valence-electron chi connectivity index (χ4n) is 1.36. The van der Waals surface area contributed by atoms with Gasteiger partial charge in [-0.3, -0.25) is 0 Å². The van der Waals surface area contributed by atoms with Crippen molar-refractivity contribution in [2.75, 3.05) is 13.1 Å². The first kappa shape index (κ1) is 14.2. The van der Waals surface area contributed by atoms with E-state index in [1.807, 2.05) is 0 Å². The van der Waals surface area contributed by atoms with E-state index in [0.29, 0.717) is 6.42 Å². The molecule has 0 aromatic carbocycles. The Bertz CT molecular complexity index is 179. The highest BCUT2D eigenvalue weighted by Crippen LogP contribution is 2.01. The average Bonchev–Trinajstić information content (AvgIpc) is 2.26. The van der Waals surface area contributed by atoms with Gasteiger partial charge in [-0.05, 0) is 32.2 Å². The van der Waals surface area contributed by atoms with E-state index in [1.165, 1.54) is 38.5 Å². The number of rotatable bonds is 10. The van der Waals surface area contributed by atoms with Crippen LogP contribution < -0.4 is 5.32 Å². The van der Waals surface area contributed by atoms with Crippen LogP contribution >= 0.6 is 0 Å². The third-order valence-corrected chi connectivity index (χ3v) is 2.26. The van der Waals surface area contributed by atoms with Gasteiger partial charge < -0.3 is 5.32 Å². The Morgan fingerprint density at radius 3 is 2.60 bits per heavy atom. The van der Waals surface area contributed by atoms with Gasteiger partial charge in [0.05, 0.1) is 6.07 Å². The van der Waals surface area contributed by atoms with Crippen molar-refractivity contribution in [2.24, 2.45) is 0 Å². The Morgan fingerprint density at radius 1 is 1.07 bits per heavy atom. The van der Waals surface area contributed by atoms with Crippen LogP contribution in [0.25, 0.3) is 0 Å². The maximum Gasteiger partial charge on any atom is 0.0635 e. The van der Waals surface area contributed by atoms with Gasteiger partial charge in [0.2, 0.25) is 0 Å². The summed E-state index contributed by atoms with van der Waals surface area (Å²) in [5.74, 6) is 0. The number of hydrogen-bond acceptors (Lipinski definition) is 2. The van der Waals surface area contributed by atoms with Gasteiger partial charge in [0.15, 0.2) is 0 Å². The fourth-order valence-corrected chi connectivity index (χ4v) is 1.36. The Kier molecular flexibility index (Phi) is 12.5. The highest BCUT2D eigenvalue weighted by Gasteiger charge is 1.88. The van der Waals surface area contributed by atoms with Crippen molar-refractivity contribution in [3.63, 3.8) is 0 Å². The second kappa shape index (κ2) is 13.2. The molecule has 0 aromatic rings. The lowest BCUT2D eigenvalue weighted by Crippen LogP contribution is -2.15. The summed E-state index contributed by atoms with van der Waals surface area (Å²) in [5, 5.41) is 11.6. The van der Waals surface area contributed by atoms with Gasteiger partial charge in [-0.1, -0.05) is 31.9 Å². The van der Waals surface area contributed by atoms with Gasteiger partial charge in [0.1, 0.15) is 0 Å². The molecule has 0 aromatic heterocycles. The molecule has 0 aliphatic carbocycles. The Hall–Kier alpha value is -0.810. The Morgan fingerprint density at radius 2 is 1.87 bits per heavy atom. The van der Waals surface area contributed by atoms with Crippen molar-refractivity contribution in [1.82, 2.24) is 5.32 Å². The van der Waals surface area contributed by atoms with E-state index >= 15 is 0 Å². The first-order chi connectivity index (χ1) is 7.41. The predicted octanol–water partition coefficient (Wildman–Crippen LogP) is 3.41. The summed E-state index contributed by atoms with van der Waals surface area (Å²) >= 11 is 0. The molecule has 86 valence electrons. The molecule has 15 heavy (non-hydrogen) atoms. The molecule has 0 amide bonds. The van der Waals surface area contributed by atoms with Gasteiger partial charge in [0, 0.05) is 13.0 Å². The van der Waals surface area contributed by atoms with Crippen molar-refractivity contribution >= 4 is 0 Å². The molecule has 2 nitrogen and oxygen atoms in total. The van der Waals surface area contributed by atoms with E-state index in [0.717, 1.165) is 13.1 Å². The van der Waals surface area contributed by atoms with Crippen LogP contribution in [0.1, 0.15) is 51.9 Å². The molecule has 0 fully saturated rings. The quantitative estimate of drug-likeness (QED) is 0.441. The normalized spacial score (nSPS) is 10.7. The summed E-state index contributed by atoms with van der Waals surface area (Å²) in [7, 11) is 0. The number of allylic oxidation sites excluding steroid dienone is 2. The summed E-state index contributed by atoms with van der Waals surface area (Å²) < 4.78 is 0. The minimum Gasteiger partial charge on any atom is -0.316 e. The van der Waals surface area contributed by atoms with Crippen LogP contribution in [0.2, 0.25) is 0 Å². The number of unbranched alkanes of at least 4 members (excludes halogenated alkanes) is 4. The number of hydrogen-bond donors (Lipinski definition) is 1. The summed E-state index contributed by atoms with van der Waals surface area (Å²) in [6, 6.07) is 2.13. The Balaban J connectivity index is 2.96. The van der Waals surface area contributed by atoms with E-state index in [9.17, 15) is 0 Å². The van der Waals surface area contributed by atoms with E-state index in [1.54, 1.807) is 0 Å². The fraction of sp³-hybridized carbons (Fsp3) is 0.769. The highest BCUT2D eigenvalue weighted by atomic mass is 14.8. The summed E-state index contributed by atoms with van der Waals surface area (Å²) in [5.41, 5.74) is 0. The van der Waals surface area contributed by atoms with Crippen LogP contribution in [-0.2, 0) is 0 Å². The molecule has 0 bridgehead atoms. The first-order valence-electron chi connectivity index (χ1n) is 6.14. The van der Waals surface area contributed by atoms with Gasteiger partial charge in [-0.25, -0.2) is 0 Å². The molecule has 0 spiro atoms. The topological polar surface area (TPSA) is 35.8 Å². The third-order valence-electron chi connectivity index (χ3n) is 2.26. The summed E-state index contributed by atoms with van der Waals surface area (Å²) in [4.78, 5) is 0. The molecule has 0 rings (SSSR count). The lowest BCUT2D eigenvalue weighted by Gasteiger charge is -2.00. The molecular formula is C13H24N2. The molecule has 0 saturated carbocycles. The van der Waals surface area contributed by atoms with Crippen molar-refractivity contribution in [3.8, 4) is 6.07 Å². The van der Waals surface area contributed by atoms with Crippen LogP contribution in [-0.4, -0.2) is 13.1 Å². The first-order valence-corrected chi connectivity index (χ1v) is 6.14. The van der Waals surface area contributed by atoms with Crippen molar-refractivity contribution in [1.29, 1.82) is 5.26 Å². The summed E-state index contributed by atoms with van der Waals surface area (Å²) in [6.45, 7) is 4.10. The van der Waals surface area contributed by atoms with Crippen LogP contribution in [0.4, 0.5) is 0 Å². The molecule has 0 unspecified atom stereocenters. The van der Waals surface area contributed by atoms with Crippen molar-refractivity contribution < 1.29 is 0 Å². The lowest BCUT2D eigenvalue weighted by atomic mass is 10.1. The lowest BCUT2D eigenvalue weighted by molar-refractivity contribution is 0.610. The van der Waals surface area contributed by atoms with E-state index in [4.69, 9.17) is 5.26 Å². The second-order valence-electron chi connectivity index (χ2n) is 3.77. The van der Waals surface area contributed by atoms with Crippen LogP contribution in [0.15, 0.2) is 12.2 Å². The molecule has 0 radical (unpaired) electrons. The maximum absolute atomic E-state index is 8.31. The zero-order chi connectivity index (χ0) is 11.2. The smallest absolute Gasteiger partial charge is 0.0635 e. The predicted molar refractivity (Wildman–Crippen MR) is 65.6 cm³/mol. The number of nitriles is 1. The maximum atomic E-state index is 8.31. The number of nitrogens with zero attached hydrogens (tertiary/aromatic N) is 1. The standard InChI is InChI=1S/C13H24N2/c1-2-3-4-5-6-7-8-9-12-15-13-10-11-14/h4-5,15H,2-3,6-10,12-13H2,1H3/b5-4+. The van der Waals surface area contributed by atoms with Crippen LogP contribution in [0.3, 0.4) is 0 Å². The molecule has 0 heterocycles. The number of nitrogens with one attached hydrogen (secondary N) is 1. The molecule has 0 atom stereocenters. The van der Waals surface area contributed by atoms with Gasteiger partial charge >= 0.3 is 0 Å². The Labute approximate surface area is 94.4 Å². The van der Waals surface area contributed by atoms with Crippen molar-refractivity contribution in [2.45, 2.75) is 51.9 Å². The van der Waals surface area contributed by atoms with Crippen molar-refractivity contribution in [3.05, 3.63) is 12.2 Å². The summed E-state index contributed by atoms with van der Waals surface area (Å²) in [6.07, 6.45) is 12.7. The zero-order valence-electron chi connectivity index (χ0n) is 9.97. The van der Waals surface area contributed by atoms with Gasteiger partial charge in [0.25, 0.3) is 0 Å².